The lowest BCUT2D eigenvalue weighted by molar-refractivity contribution is 0.0752. The quantitative estimate of drug-likeness (QED) is 0.738. The van der Waals surface area contributed by atoms with E-state index in [0.29, 0.717) is 5.92 Å². The highest BCUT2D eigenvalue weighted by Crippen LogP contribution is 2.17. The van der Waals surface area contributed by atoms with Gasteiger partial charge in [-0.2, -0.15) is 0 Å². The number of carbonyl (C=O) groups excluding carboxylic acids is 1. The molecule has 0 radical (unpaired) electrons. The molecule has 1 saturated heterocycles. The Kier molecular flexibility index (Phi) is 5.06. The Bertz CT molecular complexity index is 223. The summed E-state index contributed by atoms with van der Waals surface area (Å²) in [4.78, 5) is 15.6. The minimum absolute atomic E-state index is 0.0348. The Morgan fingerprint density at radius 1 is 1.44 bits per heavy atom. The Morgan fingerprint density at radius 3 is 2.50 bits per heavy atom. The summed E-state index contributed by atoms with van der Waals surface area (Å²) in [5, 5.41) is 0. The van der Waals surface area contributed by atoms with Gasteiger partial charge in [0, 0.05) is 13.6 Å². The molecule has 4 heteroatoms. The molecule has 0 bridgehead atoms. The molecule has 1 aliphatic heterocycles. The van der Waals surface area contributed by atoms with Crippen LogP contribution in [0.15, 0.2) is 0 Å². The van der Waals surface area contributed by atoms with E-state index < -0.39 is 0 Å². The van der Waals surface area contributed by atoms with Crippen molar-refractivity contribution in [3.63, 3.8) is 0 Å². The molecular weight excluding hydrogens is 204 g/mol. The minimum atomic E-state index is -0.200. The average molecular weight is 228 g/mol. The van der Waals surface area contributed by atoms with Crippen molar-refractivity contribution in [2.45, 2.75) is 32.8 Å². The zero-order valence-electron chi connectivity index (χ0n) is 10.9. The predicted molar refractivity (Wildman–Crippen MR) is 64.5 cm³/mol. The summed E-state index contributed by atoms with van der Waals surface area (Å²) in [5.41, 5.74) is 0. The zero-order chi connectivity index (χ0) is 12.1. The van der Waals surface area contributed by atoms with Crippen molar-refractivity contribution in [3.05, 3.63) is 0 Å². The molecule has 0 spiro atoms. The minimum Gasteiger partial charge on any atom is -0.447 e. The molecule has 0 aromatic rings. The van der Waals surface area contributed by atoms with E-state index in [0.717, 1.165) is 19.6 Å². The maximum absolute atomic E-state index is 11.6. The van der Waals surface area contributed by atoms with Gasteiger partial charge in [0.1, 0.15) is 0 Å². The number of piperidine rings is 1. The fraction of sp³-hybridized carbons (Fsp3) is 0.917. The van der Waals surface area contributed by atoms with E-state index in [-0.39, 0.29) is 12.2 Å². The van der Waals surface area contributed by atoms with Crippen molar-refractivity contribution >= 4 is 6.09 Å². The van der Waals surface area contributed by atoms with E-state index in [2.05, 4.69) is 11.9 Å². The van der Waals surface area contributed by atoms with Gasteiger partial charge in [-0.05, 0) is 52.7 Å². The number of rotatable bonds is 3. The molecule has 94 valence electrons. The van der Waals surface area contributed by atoms with Crippen LogP contribution in [0.4, 0.5) is 4.79 Å². The number of hydrogen-bond donors (Lipinski definition) is 0. The summed E-state index contributed by atoms with van der Waals surface area (Å²) in [6, 6.07) is 0. The maximum atomic E-state index is 11.6. The molecule has 4 nitrogen and oxygen atoms in total. The number of hydrogen-bond acceptors (Lipinski definition) is 3. The number of amides is 1. The van der Waals surface area contributed by atoms with Crippen LogP contribution in [0.1, 0.15) is 26.7 Å². The lowest BCUT2D eigenvalue weighted by Gasteiger charge is -2.31. The molecule has 16 heavy (non-hydrogen) atoms. The van der Waals surface area contributed by atoms with Gasteiger partial charge in [0.2, 0.25) is 0 Å². The molecular formula is C12H24N2O2. The van der Waals surface area contributed by atoms with Crippen LogP contribution in [0.3, 0.4) is 0 Å². The third-order valence-corrected chi connectivity index (χ3v) is 3.02. The Balaban J connectivity index is 2.28. The van der Waals surface area contributed by atoms with Crippen LogP contribution in [0, 0.1) is 5.92 Å². The molecule has 1 fully saturated rings. The van der Waals surface area contributed by atoms with E-state index in [1.54, 1.807) is 4.90 Å². The molecule has 0 aliphatic carbocycles. The average Bonchev–Trinajstić information content (AvgIpc) is 2.20. The van der Waals surface area contributed by atoms with Crippen LogP contribution in [0.2, 0.25) is 0 Å². The van der Waals surface area contributed by atoms with Crippen LogP contribution < -0.4 is 0 Å². The molecule has 0 N–H and O–H groups in total. The fourth-order valence-electron chi connectivity index (χ4n) is 2.00. The first kappa shape index (κ1) is 13.3. The highest BCUT2D eigenvalue weighted by atomic mass is 16.6. The summed E-state index contributed by atoms with van der Waals surface area (Å²) < 4.78 is 5.15. The van der Waals surface area contributed by atoms with E-state index in [1.807, 2.05) is 20.9 Å². The Labute approximate surface area is 98.5 Å². The van der Waals surface area contributed by atoms with Gasteiger partial charge < -0.3 is 14.5 Å². The Morgan fingerprint density at radius 2 is 2.00 bits per heavy atom. The summed E-state index contributed by atoms with van der Waals surface area (Å²) in [5.74, 6) is 0.626. The molecule has 0 aromatic heterocycles. The number of nitrogens with zero attached hydrogens (tertiary/aromatic N) is 2. The van der Waals surface area contributed by atoms with Gasteiger partial charge in [0.05, 0.1) is 6.10 Å². The third kappa shape index (κ3) is 4.39. The van der Waals surface area contributed by atoms with Crippen molar-refractivity contribution in [2.24, 2.45) is 5.92 Å². The maximum Gasteiger partial charge on any atom is 0.409 e. The number of carbonyl (C=O) groups is 1. The van der Waals surface area contributed by atoms with E-state index in [1.165, 1.54) is 12.8 Å². The normalized spacial score (nSPS) is 18.8. The first-order chi connectivity index (χ1) is 7.49. The smallest absolute Gasteiger partial charge is 0.409 e. The highest BCUT2D eigenvalue weighted by Gasteiger charge is 2.21. The summed E-state index contributed by atoms with van der Waals surface area (Å²) in [7, 11) is 3.97. The second-order valence-electron chi connectivity index (χ2n) is 5.06. The van der Waals surface area contributed by atoms with E-state index in [9.17, 15) is 4.79 Å². The van der Waals surface area contributed by atoms with Gasteiger partial charge in [0.15, 0.2) is 0 Å². The summed E-state index contributed by atoms with van der Waals surface area (Å²) >= 11 is 0. The monoisotopic (exact) mass is 228 g/mol. The number of ether oxygens (including phenoxy) is 1. The van der Waals surface area contributed by atoms with Crippen molar-refractivity contribution in [1.82, 2.24) is 9.80 Å². The van der Waals surface area contributed by atoms with Crippen molar-refractivity contribution in [3.8, 4) is 0 Å². The van der Waals surface area contributed by atoms with Gasteiger partial charge in [-0.3, -0.25) is 0 Å². The van der Waals surface area contributed by atoms with Gasteiger partial charge in [0.25, 0.3) is 0 Å². The molecule has 1 rings (SSSR count). The second kappa shape index (κ2) is 6.09. The van der Waals surface area contributed by atoms with Crippen LogP contribution in [-0.2, 0) is 4.74 Å². The lowest BCUT2D eigenvalue weighted by Crippen LogP contribution is -2.38. The molecule has 0 aromatic carbocycles. The third-order valence-electron chi connectivity index (χ3n) is 3.02. The largest absolute Gasteiger partial charge is 0.447 e. The van der Waals surface area contributed by atoms with E-state index >= 15 is 0 Å². The van der Waals surface area contributed by atoms with Gasteiger partial charge in [-0.1, -0.05) is 0 Å². The molecule has 1 aliphatic rings. The second-order valence-corrected chi connectivity index (χ2v) is 5.06. The molecule has 0 unspecified atom stereocenters. The summed E-state index contributed by atoms with van der Waals surface area (Å²) in [6.07, 6.45) is 2.12. The molecule has 0 atom stereocenters. The fourth-order valence-corrected chi connectivity index (χ4v) is 2.00. The van der Waals surface area contributed by atoms with Crippen molar-refractivity contribution < 1.29 is 9.53 Å². The van der Waals surface area contributed by atoms with Gasteiger partial charge in [-0.25, -0.2) is 4.79 Å². The Hall–Kier alpha value is -0.770. The van der Waals surface area contributed by atoms with E-state index in [4.69, 9.17) is 4.74 Å². The van der Waals surface area contributed by atoms with Crippen molar-refractivity contribution in [1.29, 1.82) is 0 Å². The standard InChI is InChI=1S/C12H24N2O2/c1-10(2)16-12(15)14(4)9-11-5-7-13(3)8-6-11/h10-11H,5-9H2,1-4H3. The van der Waals surface area contributed by atoms with Gasteiger partial charge in [-0.15, -0.1) is 0 Å². The summed E-state index contributed by atoms with van der Waals surface area (Å²) in [6.45, 7) is 6.84. The van der Waals surface area contributed by atoms with Crippen LogP contribution in [0.25, 0.3) is 0 Å². The first-order valence-corrected chi connectivity index (χ1v) is 6.09. The lowest BCUT2D eigenvalue weighted by atomic mass is 9.97. The van der Waals surface area contributed by atoms with Crippen LogP contribution in [-0.4, -0.2) is 55.7 Å². The zero-order valence-corrected chi connectivity index (χ0v) is 10.9. The van der Waals surface area contributed by atoms with Gasteiger partial charge >= 0.3 is 6.09 Å². The first-order valence-electron chi connectivity index (χ1n) is 6.09. The molecule has 0 saturated carbocycles. The molecule has 1 heterocycles. The number of likely N-dealkylation sites (tertiary alicyclic amines) is 1. The van der Waals surface area contributed by atoms with Crippen LogP contribution >= 0.6 is 0 Å². The molecule has 1 amide bonds. The highest BCUT2D eigenvalue weighted by molar-refractivity contribution is 5.67. The topological polar surface area (TPSA) is 32.8 Å². The van der Waals surface area contributed by atoms with Crippen molar-refractivity contribution in [2.75, 3.05) is 33.7 Å². The SMILES string of the molecule is CC(C)OC(=O)N(C)CC1CCN(C)CC1. The predicted octanol–water partition coefficient (Wildman–Crippen LogP) is 1.81. The van der Waals surface area contributed by atoms with Crippen LogP contribution in [0.5, 0.6) is 0 Å².